The minimum atomic E-state index is -0.497. The lowest BCUT2D eigenvalue weighted by atomic mass is 10.2. The first kappa shape index (κ1) is 15.6. The van der Waals surface area contributed by atoms with Crippen LogP contribution in [0.5, 0.6) is 17.2 Å². The lowest BCUT2D eigenvalue weighted by Crippen LogP contribution is -2.12. The molecule has 1 heterocycles. The Morgan fingerprint density at radius 2 is 1.88 bits per heavy atom. The summed E-state index contributed by atoms with van der Waals surface area (Å²) in [5.41, 5.74) is 0.0439. The number of fused-ring (bicyclic) bond motifs is 1. The maximum atomic E-state index is 12.5. The molecule has 0 aliphatic heterocycles. The van der Waals surface area contributed by atoms with Crippen LogP contribution in [0.3, 0.4) is 0 Å². The number of rotatable bonds is 5. The Balaban J connectivity index is 1.87. The van der Waals surface area contributed by atoms with Crippen molar-refractivity contribution in [2.75, 3.05) is 13.7 Å². The van der Waals surface area contributed by atoms with Crippen LogP contribution in [-0.2, 0) is 9.53 Å². The third-order valence-corrected chi connectivity index (χ3v) is 3.27. The van der Waals surface area contributed by atoms with Gasteiger partial charge in [-0.15, -0.1) is 0 Å². The van der Waals surface area contributed by atoms with E-state index >= 15 is 0 Å². The molecule has 0 saturated heterocycles. The van der Waals surface area contributed by atoms with Gasteiger partial charge in [-0.1, -0.05) is 18.2 Å². The van der Waals surface area contributed by atoms with E-state index in [0.717, 1.165) is 0 Å². The number of benzene rings is 2. The van der Waals surface area contributed by atoms with Gasteiger partial charge in [-0.05, 0) is 24.3 Å². The second-order valence-corrected chi connectivity index (χ2v) is 4.87. The molecule has 0 amide bonds. The molecule has 0 bridgehead atoms. The van der Waals surface area contributed by atoms with Gasteiger partial charge in [-0.2, -0.15) is 0 Å². The van der Waals surface area contributed by atoms with Crippen molar-refractivity contribution in [2.45, 2.75) is 0 Å². The molecule has 0 unspecified atom stereocenters. The van der Waals surface area contributed by atoms with Gasteiger partial charge in [0.1, 0.15) is 23.3 Å². The first-order chi connectivity index (χ1) is 11.7. The average Bonchev–Trinajstić information content (AvgIpc) is 2.63. The van der Waals surface area contributed by atoms with E-state index in [1.165, 1.54) is 19.4 Å². The molecular formula is C18H14O6. The van der Waals surface area contributed by atoms with Crippen molar-refractivity contribution in [1.29, 1.82) is 0 Å². The van der Waals surface area contributed by atoms with Gasteiger partial charge >= 0.3 is 5.97 Å². The predicted octanol–water partition coefficient (Wildman–Crippen LogP) is 3.14. The number of carbonyl (C=O) groups excluding carboxylic acids is 1. The molecule has 0 aliphatic rings. The first-order valence-electron chi connectivity index (χ1n) is 7.15. The van der Waals surface area contributed by atoms with Gasteiger partial charge in [0.25, 0.3) is 0 Å². The lowest BCUT2D eigenvalue weighted by Gasteiger charge is -2.07. The zero-order chi connectivity index (χ0) is 16.9. The molecule has 6 heteroatoms. The van der Waals surface area contributed by atoms with Crippen molar-refractivity contribution < 1.29 is 23.4 Å². The van der Waals surface area contributed by atoms with Gasteiger partial charge < -0.3 is 18.6 Å². The Kier molecular flexibility index (Phi) is 4.47. The van der Waals surface area contributed by atoms with E-state index in [1.54, 1.807) is 24.3 Å². The molecular weight excluding hydrogens is 312 g/mol. The SMILES string of the molecule is COC(=O)COc1ccc2c(=O)c(Oc3ccccc3)coc2c1. The highest BCUT2D eigenvalue weighted by molar-refractivity contribution is 5.79. The summed E-state index contributed by atoms with van der Waals surface area (Å²) in [7, 11) is 1.28. The molecule has 0 radical (unpaired) electrons. The van der Waals surface area contributed by atoms with Crippen molar-refractivity contribution in [1.82, 2.24) is 0 Å². The summed E-state index contributed by atoms with van der Waals surface area (Å²) in [6.07, 6.45) is 1.25. The highest BCUT2D eigenvalue weighted by atomic mass is 16.6. The number of ether oxygens (including phenoxy) is 3. The number of hydrogen-bond donors (Lipinski definition) is 0. The largest absolute Gasteiger partial charge is 0.482 e. The van der Waals surface area contributed by atoms with E-state index in [0.29, 0.717) is 22.5 Å². The van der Waals surface area contributed by atoms with Gasteiger partial charge in [0, 0.05) is 6.07 Å². The van der Waals surface area contributed by atoms with Crippen molar-refractivity contribution >= 4 is 16.9 Å². The lowest BCUT2D eigenvalue weighted by molar-refractivity contribution is -0.142. The Morgan fingerprint density at radius 3 is 2.62 bits per heavy atom. The Hall–Kier alpha value is -3.28. The number of carbonyl (C=O) groups is 1. The van der Waals surface area contributed by atoms with Gasteiger partial charge in [-0.3, -0.25) is 4.79 Å². The normalized spacial score (nSPS) is 10.4. The summed E-state index contributed by atoms with van der Waals surface area (Å²) in [6, 6.07) is 13.6. The van der Waals surface area contributed by atoms with Gasteiger partial charge in [0.2, 0.25) is 11.2 Å². The van der Waals surface area contributed by atoms with Crippen LogP contribution in [0.15, 0.2) is 64.0 Å². The second kappa shape index (κ2) is 6.87. The van der Waals surface area contributed by atoms with Crippen molar-refractivity contribution in [3.63, 3.8) is 0 Å². The monoisotopic (exact) mass is 326 g/mol. The zero-order valence-electron chi connectivity index (χ0n) is 12.9. The smallest absolute Gasteiger partial charge is 0.343 e. The minimum absolute atomic E-state index is 0.0944. The summed E-state index contributed by atoms with van der Waals surface area (Å²) < 4.78 is 20.8. The van der Waals surface area contributed by atoms with Crippen LogP contribution in [0.2, 0.25) is 0 Å². The Bertz CT molecular complexity index is 914. The standard InChI is InChI=1S/C18H14O6/c1-21-17(19)11-22-13-7-8-14-15(9-13)23-10-16(18(14)20)24-12-5-3-2-4-6-12/h2-10H,11H2,1H3. The van der Waals surface area contributed by atoms with Gasteiger partial charge in [0.15, 0.2) is 6.61 Å². The quantitative estimate of drug-likeness (QED) is 0.671. The fourth-order valence-corrected chi connectivity index (χ4v) is 2.07. The molecule has 0 fully saturated rings. The number of hydrogen-bond acceptors (Lipinski definition) is 6. The summed E-state index contributed by atoms with van der Waals surface area (Å²) in [5.74, 6) is 0.537. The van der Waals surface area contributed by atoms with Crippen LogP contribution >= 0.6 is 0 Å². The molecule has 0 saturated carbocycles. The van der Waals surface area contributed by atoms with Gasteiger partial charge in [0.05, 0.1) is 12.5 Å². The van der Waals surface area contributed by atoms with Crippen LogP contribution in [0.25, 0.3) is 11.0 Å². The highest BCUT2D eigenvalue weighted by Gasteiger charge is 2.11. The topological polar surface area (TPSA) is 75.0 Å². The maximum Gasteiger partial charge on any atom is 0.343 e. The number of para-hydroxylation sites is 1. The summed E-state index contributed by atoms with van der Waals surface area (Å²) >= 11 is 0. The van der Waals surface area contributed by atoms with Crippen LogP contribution in [0, 0.1) is 0 Å². The third-order valence-electron chi connectivity index (χ3n) is 3.27. The molecule has 6 nitrogen and oxygen atoms in total. The molecule has 2 aromatic carbocycles. The van der Waals surface area contributed by atoms with E-state index in [4.69, 9.17) is 13.9 Å². The molecule has 122 valence electrons. The van der Waals surface area contributed by atoms with Crippen molar-refractivity contribution in [3.05, 3.63) is 65.0 Å². The molecule has 0 N–H and O–H groups in total. The minimum Gasteiger partial charge on any atom is -0.482 e. The van der Waals surface area contributed by atoms with E-state index < -0.39 is 5.97 Å². The summed E-state index contributed by atoms with van der Waals surface area (Å²) in [4.78, 5) is 23.5. The highest BCUT2D eigenvalue weighted by Crippen LogP contribution is 2.23. The van der Waals surface area contributed by atoms with E-state index in [-0.39, 0.29) is 17.8 Å². The molecule has 0 aliphatic carbocycles. The van der Waals surface area contributed by atoms with E-state index in [1.807, 2.05) is 18.2 Å². The predicted molar refractivity (Wildman–Crippen MR) is 86.5 cm³/mol. The van der Waals surface area contributed by atoms with Crippen molar-refractivity contribution in [3.8, 4) is 17.2 Å². The summed E-state index contributed by atoms with van der Waals surface area (Å²) in [6.45, 7) is -0.221. The molecule has 24 heavy (non-hydrogen) atoms. The zero-order valence-corrected chi connectivity index (χ0v) is 12.9. The molecule has 1 aromatic heterocycles. The van der Waals surface area contributed by atoms with E-state index in [2.05, 4.69) is 4.74 Å². The van der Waals surface area contributed by atoms with Crippen molar-refractivity contribution in [2.24, 2.45) is 0 Å². The fourth-order valence-electron chi connectivity index (χ4n) is 2.07. The average molecular weight is 326 g/mol. The fraction of sp³-hybridized carbons (Fsp3) is 0.111. The van der Waals surface area contributed by atoms with Gasteiger partial charge in [-0.25, -0.2) is 4.79 Å². The van der Waals surface area contributed by atoms with Crippen LogP contribution in [0.1, 0.15) is 0 Å². The first-order valence-corrected chi connectivity index (χ1v) is 7.15. The van der Waals surface area contributed by atoms with E-state index in [9.17, 15) is 9.59 Å². The Morgan fingerprint density at radius 1 is 1.08 bits per heavy atom. The molecule has 0 spiro atoms. The molecule has 0 atom stereocenters. The third kappa shape index (κ3) is 3.38. The van der Waals surface area contributed by atoms with Crippen LogP contribution in [-0.4, -0.2) is 19.7 Å². The molecule has 3 rings (SSSR count). The molecule has 3 aromatic rings. The maximum absolute atomic E-state index is 12.5. The van der Waals surface area contributed by atoms with Crippen LogP contribution < -0.4 is 14.9 Å². The second-order valence-electron chi connectivity index (χ2n) is 4.87. The Labute approximate surface area is 137 Å². The number of esters is 1. The number of methoxy groups -OCH3 is 1. The summed E-state index contributed by atoms with van der Waals surface area (Å²) in [5, 5.41) is 0.355. The van der Waals surface area contributed by atoms with Crippen LogP contribution in [0.4, 0.5) is 0 Å².